The van der Waals surface area contributed by atoms with Crippen LogP contribution in [0.2, 0.25) is 0 Å². The van der Waals surface area contributed by atoms with E-state index in [-0.39, 0.29) is 30.8 Å². The number of aliphatic hydroxyl groups excluding tert-OH is 1. The number of hydrogen-bond donors (Lipinski definition) is 1. The maximum Gasteiger partial charge on any atom is 0.225 e. The number of morpholine rings is 1. The normalized spacial score (nSPS) is 27.5. The van der Waals surface area contributed by atoms with E-state index >= 15 is 0 Å². The van der Waals surface area contributed by atoms with Crippen LogP contribution < -0.4 is 4.74 Å². The molecular weight excluding hydrogens is 460 g/mol. The highest BCUT2D eigenvalue weighted by molar-refractivity contribution is 5.76. The van der Waals surface area contributed by atoms with E-state index in [1.54, 1.807) is 0 Å². The van der Waals surface area contributed by atoms with E-state index in [9.17, 15) is 9.90 Å². The molecule has 0 unspecified atom stereocenters. The average molecular weight is 497 g/mol. The summed E-state index contributed by atoms with van der Waals surface area (Å²) in [6.45, 7) is 4.44. The molecule has 1 amide bonds. The number of aliphatic hydroxyl groups is 1. The first-order valence-corrected chi connectivity index (χ1v) is 13.0. The topological polar surface area (TPSA) is 80.7 Å². The van der Waals surface area contributed by atoms with Crippen LogP contribution in [0.15, 0.2) is 54.6 Å². The molecule has 3 aliphatic heterocycles. The van der Waals surface area contributed by atoms with Crippen LogP contribution >= 0.6 is 0 Å². The van der Waals surface area contributed by atoms with Gasteiger partial charge < -0.3 is 29.0 Å². The van der Waals surface area contributed by atoms with Gasteiger partial charge in [0, 0.05) is 32.2 Å². The number of carbonyl (C=O) groups is 1. The molecule has 3 aliphatic rings. The minimum absolute atomic E-state index is 0.106. The van der Waals surface area contributed by atoms with E-state index in [0.717, 1.165) is 29.9 Å². The predicted octanol–water partition coefficient (Wildman–Crippen LogP) is 2.84. The summed E-state index contributed by atoms with van der Waals surface area (Å²) in [6, 6.07) is 18.0. The van der Waals surface area contributed by atoms with E-state index in [4.69, 9.17) is 18.9 Å². The number of carbonyl (C=O) groups excluding carboxylic acids is 1. The SMILES string of the molecule is O=C(C[C@H]1CC[C@@H]2[C@H](COC[C@H](O)CN2Cc2ccc(Oc3ccccc3)cc2)O1)N1CCOCC1. The molecule has 36 heavy (non-hydrogen) atoms. The van der Waals surface area contributed by atoms with Crippen LogP contribution in [0.5, 0.6) is 11.5 Å². The lowest BCUT2D eigenvalue weighted by molar-refractivity contribution is -0.162. The molecule has 3 fully saturated rings. The standard InChI is InChI=1S/C28H36N2O6/c31-22-18-30(17-21-6-8-24(9-7-21)35-23-4-2-1-3-5-23)26-11-10-25(36-27(26)20-34-19-22)16-28(32)29-12-14-33-15-13-29/h1-9,22,25-27,31H,10-20H2/t22-,25-,26-,27+/m1/s1. The van der Waals surface area contributed by atoms with E-state index in [1.165, 1.54) is 0 Å². The predicted molar refractivity (Wildman–Crippen MR) is 134 cm³/mol. The molecule has 3 heterocycles. The Labute approximate surface area is 212 Å². The molecule has 2 aromatic carbocycles. The molecule has 4 atom stereocenters. The summed E-state index contributed by atoms with van der Waals surface area (Å²) in [6.07, 6.45) is 1.33. The number of rotatable bonds is 6. The third-order valence-electron chi connectivity index (χ3n) is 7.14. The van der Waals surface area contributed by atoms with Crippen LogP contribution in [-0.2, 0) is 25.5 Å². The zero-order valence-electron chi connectivity index (χ0n) is 20.7. The van der Waals surface area contributed by atoms with Gasteiger partial charge in [0.05, 0.1) is 51.2 Å². The minimum atomic E-state index is -0.549. The van der Waals surface area contributed by atoms with E-state index < -0.39 is 6.10 Å². The Bertz CT molecular complexity index is 966. The lowest BCUT2D eigenvalue weighted by Gasteiger charge is -2.44. The number of ether oxygens (including phenoxy) is 4. The summed E-state index contributed by atoms with van der Waals surface area (Å²) in [5.74, 6) is 1.73. The van der Waals surface area contributed by atoms with Crippen LogP contribution in [0, 0.1) is 0 Å². The van der Waals surface area contributed by atoms with Crippen LogP contribution in [0.1, 0.15) is 24.8 Å². The van der Waals surface area contributed by atoms with E-state index in [1.807, 2.05) is 47.4 Å². The quantitative estimate of drug-likeness (QED) is 0.659. The van der Waals surface area contributed by atoms with Gasteiger partial charge >= 0.3 is 0 Å². The van der Waals surface area contributed by atoms with Gasteiger partial charge in [0.1, 0.15) is 11.5 Å². The van der Waals surface area contributed by atoms with E-state index in [2.05, 4.69) is 17.0 Å². The maximum absolute atomic E-state index is 12.7. The van der Waals surface area contributed by atoms with Crippen LogP contribution in [0.4, 0.5) is 0 Å². The largest absolute Gasteiger partial charge is 0.457 e. The molecule has 0 radical (unpaired) electrons. The van der Waals surface area contributed by atoms with Crippen LogP contribution in [0.25, 0.3) is 0 Å². The molecule has 0 saturated carbocycles. The van der Waals surface area contributed by atoms with Crippen molar-refractivity contribution in [3.8, 4) is 11.5 Å². The third kappa shape index (κ3) is 6.63. The van der Waals surface area contributed by atoms with Crippen molar-refractivity contribution >= 4 is 5.91 Å². The summed E-state index contributed by atoms with van der Waals surface area (Å²) in [4.78, 5) is 16.9. The number of para-hydroxylation sites is 1. The van der Waals surface area contributed by atoms with Gasteiger partial charge in [0.15, 0.2) is 0 Å². The van der Waals surface area contributed by atoms with Gasteiger partial charge in [-0.25, -0.2) is 0 Å². The Morgan fingerprint density at radius 3 is 2.47 bits per heavy atom. The van der Waals surface area contributed by atoms with Crippen molar-refractivity contribution in [1.82, 2.24) is 9.80 Å². The fraction of sp³-hybridized carbons (Fsp3) is 0.536. The molecule has 8 heteroatoms. The summed E-state index contributed by atoms with van der Waals surface area (Å²) in [5.41, 5.74) is 1.15. The fourth-order valence-corrected chi connectivity index (χ4v) is 5.29. The van der Waals surface area contributed by atoms with Crippen molar-refractivity contribution in [2.24, 2.45) is 0 Å². The second-order valence-corrected chi connectivity index (χ2v) is 9.82. The lowest BCUT2D eigenvalue weighted by atomic mass is 9.94. The summed E-state index contributed by atoms with van der Waals surface area (Å²) in [5, 5.41) is 10.5. The number of amides is 1. The highest BCUT2D eigenvalue weighted by Crippen LogP contribution is 2.30. The minimum Gasteiger partial charge on any atom is -0.457 e. The van der Waals surface area contributed by atoms with E-state index in [0.29, 0.717) is 52.4 Å². The van der Waals surface area contributed by atoms with Gasteiger partial charge in [-0.2, -0.15) is 0 Å². The number of benzene rings is 2. The molecule has 0 bridgehead atoms. The summed E-state index contributed by atoms with van der Waals surface area (Å²) >= 11 is 0. The average Bonchev–Trinajstić information content (AvgIpc) is 2.90. The first kappa shape index (κ1) is 25.2. The summed E-state index contributed by atoms with van der Waals surface area (Å²) < 4.78 is 23.5. The molecule has 3 saturated heterocycles. The number of hydrogen-bond acceptors (Lipinski definition) is 7. The smallest absolute Gasteiger partial charge is 0.225 e. The highest BCUT2D eigenvalue weighted by atomic mass is 16.5. The number of nitrogens with zero attached hydrogens (tertiary/aromatic N) is 2. The zero-order chi connectivity index (χ0) is 24.7. The third-order valence-corrected chi connectivity index (χ3v) is 7.14. The maximum atomic E-state index is 12.7. The van der Waals surface area contributed by atoms with Crippen LogP contribution in [0.3, 0.4) is 0 Å². The second kappa shape index (κ2) is 12.2. The van der Waals surface area contributed by atoms with Crippen molar-refractivity contribution < 1.29 is 28.8 Å². The fourth-order valence-electron chi connectivity index (χ4n) is 5.29. The molecule has 0 aliphatic carbocycles. The van der Waals surface area contributed by atoms with Crippen molar-refractivity contribution in [3.63, 3.8) is 0 Å². The van der Waals surface area contributed by atoms with Gasteiger partial charge in [-0.1, -0.05) is 30.3 Å². The van der Waals surface area contributed by atoms with Gasteiger partial charge in [-0.05, 0) is 42.7 Å². The van der Waals surface area contributed by atoms with Gasteiger partial charge in [0.2, 0.25) is 5.91 Å². The molecule has 2 aromatic rings. The Morgan fingerprint density at radius 2 is 1.69 bits per heavy atom. The highest BCUT2D eigenvalue weighted by Gasteiger charge is 2.38. The van der Waals surface area contributed by atoms with Gasteiger partial charge in [-0.15, -0.1) is 0 Å². The van der Waals surface area contributed by atoms with Gasteiger partial charge in [-0.3, -0.25) is 9.69 Å². The molecule has 0 aromatic heterocycles. The van der Waals surface area contributed by atoms with Crippen molar-refractivity contribution in [1.29, 1.82) is 0 Å². The van der Waals surface area contributed by atoms with Crippen LogP contribution in [-0.4, -0.2) is 91.2 Å². The molecule has 0 spiro atoms. The molecule has 5 rings (SSSR count). The first-order chi connectivity index (χ1) is 17.6. The van der Waals surface area contributed by atoms with Gasteiger partial charge in [0.25, 0.3) is 0 Å². The second-order valence-electron chi connectivity index (χ2n) is 9.82. The Morgan fingerprint density at radius 1 is 0.944 bits per heavy atom. The van der Waals surface area contributed by atoms with Crippen molar-refractivity contribution in [2.75, 3.05) is 46.1 Å². The molecule has 1 N–H and O–H groups in total. The molecule has 8 nitrogen and oxygen atoms in total. The Kier molecular flexibility index (Phi) is 8.51. The summed E-state index contributed by atoms with van der Waals surface area (Å²) in [7, 11) is 0. The number of fused-ring (bicyclic) bond motifs is 1. The Balaban J connectivity index is 1.21. The number of β-amino-alcohol motifs (C(OH)–C–C–N with tert-alkyl or cyclic N) is 1. The monoisotopic (exact) mass is 496 g/mol. The first-order valence-electron chi connectivity index (χ1n) is 13.0. The zero-order valence-corrected chi connectivity index (χ0v) is 20.7. The molecular formula is C28H36N2O6. The molecule has 194 valence electrons. The van der Waals surface area contributed by atoms with Crippen molar-refractivity contribution in [3.05, 3.63) is 60.2 Å². The lowest BCUT2D eigenvalue weighted by Crippen LogP contribution is -2.55. The van der Waals surface area contributed by atoms with Crippen molar-refractivity contribution in [2.45, 2.75) is 50.2 Å². The Hall–Kier alpha value is -2.49.